The van der Waals surface area contributed by atoms with E-state index in [9.17, 15) is 4.79 Å². The van der Waals surface area contributed by atoms with Gasteiger partial charge in [0.2, 0.25) is 0 Å². The molecule has 1 aromatic rings. The van der Waals surface area contributed by atoms with Crippen LogP contribution in [0.1, 0.15) is 24.0 Å². The summed E-state index contributed by atoms with van der Waals surface area (Å²) in [6.07, 6.45) is 4.33. The van der Waals surface area contributed by atoms with E-state index in [1.807, 2.05) is 12.1 Å². The molecule has 0 saturated heterocycles. The highest BCUT2D eigenvalue weighted by Crippen LogP contribution is 2.18. The Bertz CT molecular complexity index is 391. The molecule has 0 radical (unpaired) electrons. The summed E-state index contributed by atoms with van der Waals surface area (Å²) in [5.41, 5.74) is 2.46. The second-order valence-electron chi connectivity index (χ2n) is 4.35. The smallest absolute Gasteiger partial charge is 0.315 e. The maximum Gasteiger partial charge on any atom is 0.315 e. The molecule has 1 fully saturated rings. The van der Waals surface area contributed by atoms with E-state index in [-0.39, 0.29) is 6.03 Å². The number of urea groups is 1. The van der Waals surface area contributed by atoms with Crippen molar-refractivity contribution in [3.8, 4) is 0 Å². The van der Waals surface area contributed by atoms with Crippen molar-refractivity contribution in [1.29, 1.82) is 0 Å². The minimum absolute atomic E-state index is 0.0530. The second kappa shape index (κ2) is 5.96. The molecule has 0 aromatic heterocycles. The van der Waals surface area contributed by atoms with Gasteiger partial charge in [-0.05, 0) is 30.2 Å². The number of nitrogens with one attached hydrogen (secondary N) is 2. The van der Waals surface area contributed by atoms with Crippen molar-refractivity contribution < 1.29 is 4.79 Å². The molecule has 1 aliphatic rings. The Labute approximate surface area is 106 Å². The minimum atomic E-state index is -0.0530. The standard InChI is InChI=1S/C13H18N2OS/c1-17-9-11-4-2-3-10(7-11)8-14-13(16)15-12-5-6-12/h2-4,7,12H,5-6,8-9H2,1H3,(H2,14,15,16). The Kier molecular flexibility index (Phi) is 4.31. The van der Waals surface area contributed by atoms with Gasteiger partial charge in [0, 0.05) is 18.3 Å². The molecule has 1 saturated carbocycles. The number of carbonyl (C=O) groups excluding carboxylic acids is 1. The summed E-state index contributed by atoms with van der Waals surface area (Å²) >= 11 is 1.80. The predicted octanol–water partition coefficient (Wildman–Crippen LogP) is 2.51. The average Bonchev–Trinajstić information content (AvgIpc) is 3.11. The molecule has 1 aromatic carbocycles. The third kappa shape index (κ3) is 4.30. The van der Waals surface area contributed by atoms with Gasteiger partial charge in [0.15, 0.2) is 0 Å². The van der Waals surface area contributed by atoms with Gasteiger partial charge in [-0.15, -0.1) is 0 Å². The summed E-state index contributed by atoms with van der Waals surface area (Å²) < 4.78 is 0. The molecule has 0 spiro atoms. The van der Waals surface area contributed by atoms with Crippen LogP contribution >= 0.6 is 11.8 Å². The molecule has 2 N–H and O–H groups in total. The summed E-state index contributed by atoms with van der Waals surface area (Å²) in [4.78, 5) is 11.5. The molecular weight excluding hydrogens is 232 g/mol. The van der Waals surface area contributed by atoms with Gasteiger partial charge >= 0.3 is 6.03 Å². The highest BCUT2D eigenvalue weighted by Gasteiger charge is 2.22. The molecule has 92 valence electrons. The van der Waals surface area contributed by atoms with Crippen molar-refractivity contribution in [2.24, 2.45) is 0 Å². The number of thioether (sulfide) groups is 1. The summed E-state index contributed by atoms with van der Waals surface area (Å²) in [7, 11) is 0. The Balaban J connectivity index is 1.80. The van der Waals surface area contributed by atoms with Gasteiger partial charge in [-0.1, -0.05) is 24.3 Å². The highest BCUT2D eigenvalue weighted by atomic mass is 32.2. The predicted molar refractivity (Wildman–Crippen MR) is 72.1 cm³/mol. The van der Waals surface area contributed by atoms with Gasteiger partial charge in [-0.3, -0.25) is 0 Å². The van der Waals surface area contributed by atoms with Gasteiger partial charge in [0.25, 0.3) is 0 Å². The maximum absolute atomic E-state index is 11.5. The van der Waals surface area contributed by atoms with E-state index in [1.54, 1.807) is 11.8 Å². The lowest BCUT2D eigenvalue weighted by molar-refractivity contribution is 0.240. The van der Waals surface area contributed by atoms with Crippen molar-refractivity contribution in [2.45, 2.75) is 31.2 Å². The third-order valence-corrected chi connectivity index (χ3v) is 3.29. The van der Waals surface area contributed by atoms with Crippen LogP contribution < -0.4 is 10.6 Å². The highest BCUT2D eigenvalue weighted by molar-refractivity contribution is 7.97. The van der Waals surface area contributed by atoms with Gasteiger partial charge in [-0.25, -0.2) is 4.79 Å². The van der Waals surface area contributed by atoms with Crippen LogP contribution in [0.25, 0.3) is 0 Å². The van der Waals surface area contributed by atoms with Crippen LogP contribution in [0.3, 0.4) is 0 Å². The first-order valence-corrected chi connectivity index (χ1v) is 7.28. The first-order valence-electron chi connectivity index (χ1n) is 5.89. The summed E-state index contributed by atoms with van der Waals surface area (Å²) in [5, 5.41) is 5.79. The number of hydrogen-bond acceptors (Lipinski definition) is 2. The van der Waals surface area contributed by atoms with E-state index in [0.29, 0.717) is 12.6 Å². The fraction of sp³-hybridized carbons (Fsp3) is 0.462. The van der Waals surface area contributed by atoms with Crippen LogP contribution in [0.2, 0.25) is 0 Å². The van der Waals surface area contributed by atoms with E-state index in [2.05, 4.69) is 29.0 Å². The topological polar surface area (TPSA) is 41.1 Å². The fourth-order valence-corrected chi connectivity index (χ4v) is 2.16. The molecule has 0 bridgehead atoms. The number of rotatable bonds is 5. The quantitative estimate of drug-likeness (QED) is 0.843. The zero-order valence-electron chi connectivity index (χ0n) is 10.0. The number of benzene rings is 1. The van der Waals surface area contributed by atoms with Gasteiger partial charge in [0.1, 0.15) is 0 Å². The lowest BCUT2D eigenvalue weighted by Crippen LogP contribution is -2.36. The van der Waals surface area contributed by atoms with Crippen molar-refractivity contribution >= 4 is 17.8 Å². The SMILES string of the molecule is CSCc1cccc(CNC(=O)NC2CC2)c1. The first-order chi connectivity index (χ1) is 8.28. The van der Waals surface area contributed by atoms with E-state index >= 15 is 0 Å². The Morgan fingerprint density at radius 3 is 2.88 bits per heavy atom. The van der Waals surface area contributed by atoms with Gasteiger partial charge < -0.3 is 10.6 Å². The zero-order valence-corrected chi connectivity index (χ0v) is 10.8. The second-order valence-corrected chi connectivity index (χ2v) is 5.22. The minimum Gasteiger partial charge on any atom is -0.335 e. The molecule has 2 rings (SSSR count). The van der Waals surface area contributed by atoms with E-state index < -0.39 is 0 Å². The molecular formula is C13H18N2OS. The van der Waals surface area contributed by atoms with Gasteiger partial charge in [-0.2, -0.15) is 11.8 Å². The summed E-state index contributed by atoms with van der Waals surface area (Å²) in [5.74, 6) is 1.02. The largest absolute Gasteiger partial charge is 0.335 e. The zero-order chi connectivity index (χ0) is 12.1. The molecule has 0 unspecified atom stereocenters. The van der Waals surface area contributed by atoms with Crippen LogP contribution in [0.5, 0.6) is 0 Å². The van der Waals surface area contributed by atoms with Crippen molar-refractivity contribution in [3.05, 3.63) is 35.4 Å². The summed E-state index contributed by atoms with van der Waals surface area (Å²) in [6.45, 7) is 0.598. The Hall–Kier alpha value is -1.16. The van der Waals surface area contributed by atoms with Crippen LogP contribution in [-0.2, 0) is 12.3 Å². The lowest BCUT2D eigenvalue weighted by atomic mass is 10.1. The van der Waals surface area contributed by atoms with Crippen molar-refractivity contribution in [1.82, 2.24) is 10.6 Å². The molecule has 0 aliphatic heterocycles. The number of hydrogen-bond donors (Lipinski definition) is 2. The monoisotopic (exact) mass is 250 g/mol. The van der Waals surface area contributed by atoms with E-state index in [0.717, 1.165) is 24.2 Å². The number of amides is 2. The Morgan fingerprint density at radius 1 is 1.41 bits per heavy atom. The van der Waals surface area contributed by atoms with Crippen molar-refractivity contribution in [3.63, 3.8) is 0 Å². The third-order valence-electron chi connectivity index (χ3n) is 2.67. The fourth-order valence-electron chi connectivity index (χ4n) is 1.64. The molecule has 17 heavy (non-hydrogen) atoms. The molecule has 2 amide bonds. The lowest BCUT2D eigenvalue weighted by Gasteiger charge is -2.07. The van der Waals surface area contributed by atoms with Crippen molar-refractivity contribution in [2.75, 3.05) is 6.26 Å². The Morgan fingerprint density at radius 2 is 2.18 bits per heavy atom. The van der Waals surface area contributed by atoms with E-state index in [1.165, 1.54) is 5.56 Å². The number of carbonyl (C=O) groups is 1. The van der Waals surface area contributed by atoms with Crippen LogP contribution in [0.15, 0.2) is 24.3 Å². The van der Waals surface area contributed by atoms with Crippen LogP contribution in [-0.4, -0.2) is 18.3 Å². The molecule has 3 nitrogen and oxygen atoms in total. The molecule has 0 atom stereocenters. The van der Waals surface area contributed by atoms with Crippen LogP contribution in [0, 0.1) is 0 Å². The normalized spacial score (nSPS) is 14.4. The molecule has 4 heteroatoms. The molecule has 1 aliphatic carbocycles. The summed E-state index contributed by atoms with van der Waals surface area (Å²) in [6, 6.07) is 8.71. The molecule has 0 heterocycles. The average molecular weight is 250 g/mol. The van der Waals surface area contributed by atoms with E-state index in [4.69, 9.17) is 0 Å². The van der Waals surface area contributed by atoms with Gasteiger partial charge in [0.05, 0.1) is 0 Å². The first kappa shape index (κ1) is 12.3. The van der Waals surface area contributed by atoms with Crippen LogP contribution in [0.4, 0.5) is 4.79 Å². The maximum atomic E-state index is 11.5.